The van der Waals surface area contributed by atoms with Crippen LogP contribution in [0.2, 0.25) is 0 Å². The molecule has 0 radical (unpaired) electrons. The van der Waals surface area contributed by atoms with Crippen molar-refractivity contribution in [3.8, 4) is 5.75 Å². The van der Waals surface area contributed by atoms with Gasteiger partial charge < -0.3 is 25.2 Å². The summed E-state index contributed by atoms with van der Waals surface area (Å²) in [4.78, 5) is 43.0. The average molecular weight is 497 g/mol. The summed E-state index contributed by atoms with van der Waals surface area (Å²) in [7, 11) is 0. The lowest BCUT2D eigenvalue weighted by Crippen LogP contribution is -2.31. The van der Waals surface area contributed by atoms with Crippen LogP contribution in [-0.4, -0.2) is 55.8 Å². The minimum Gasteiger partial charge on any atom is -0.508 e. The van der Waals surface area contributed by atoms with E-state index in [1.807, 2.05) is 30.5 Å². The number of phenols is 1. The first-order valence-corrected chi connectivity index (χ1v) is 11.8. The molecule has 4 N–H and O–H groups in total. The maximum atomic E-state index is 13.2. The number of likely N-dealkylation sites (tertiary alicyclic amines) is 1. The molecule has 0 aliphatic carbocycles. The summed E-state index contributed by atoms with van der Waals surface area (Å²) in [6, 6.07) is 18.9. The van der Waals surface area contributed by atoms with E-state index in [1.165, 1.54) is 41.3 Å². The van der Waals surface area contributed by atoms with E-state index in [0.717, 1.165) is 16.5 Å². The summed E-state index contributed by atoms with van der Waals surface area (Å²) in [5, 5.41) is 31.2. The molecule has 1 aliphatic heterocycles. The number of fused-ring (bicyclic) bond motifs is 1. The zero-order chi connectivity index (χ0) is 26.1. The van der Waals surface area contributed by atoms with Gasteiger partial charge in [0.2, 0.25) is 0 Å². The molecule has 1 atom stereocenters. The standard InChI is InChI=1S/C29H24N2O6/c32-16-24(34)17-8-10-18(11-9-17)26-25(27(35)19-4-3-5-21(33)14-19)28(36)29(37)31(26)13-12-20-15-30-23-7-2-1-6-22(20)23/h1-11,14-15,26,30,32-33,35H,12-13,16H2. The lowest BCUT2D eigenvalue weighted by Gasteiger charge is -2.25. The Morgan fingerprint density at radius 1 is 0.946 bits per heavy atom. The number of aromatic hydroxyl groups is 1. The van der Waals surface area contributed by atoms with Gasteiger partial charge in [0.1, 0.15) is 18.1 Å². The number of aliphatic hydroxyl groups excluding tert-OH is 2. The monoisotopic (exact) mass is 496 g/mol. The van der Waals surface area contributed by atoms with Crippen molar-refractivity contribution in [2.75, 3.05) is 13.2 Å². The fourth-order valence-corrected chi connectivity index (χ4v) is 4.79. The maximum Gasteiger partial charge on any atom is 0.295 e. The SMILES string of the molecule is O=C1C(=O)N(CCc2c[nH]c3ccccc23)C(c2ccc(C(=O)CO)cc2)C1=C(O)c1cccc(O)c1. The van der Waals surface area contributed by atoms with Crippen LogP contribution in [0.15, 0.2) is 84.6 Å². The number of carbonyl (C=O) groups is 3. The van der Waals surface area contributed by atoms with Gasteiger partial charge in [-0.15, -0.1) is 0 Å². The first kappa shape index (κ1) is 24.0. The van der Waals surface area contributed by atoms with Gasteiger partial charge in [0.15, 0.2) is 5.78 Å². The number of aliphatic hydroxyl groups is 2. The molecule has 0 bridgehead atoms. The van der Waals surface area contributed by atoms with Gasteiger partial charge >= 0.3 is 0 Å². The van der Waals surface area contributed by atoms with Gasteiger partial charge in [0.25, 0.3) is 11.7 Å². The quantitative estimate of drug-likeness (QED) is 0.134. The molecule has 1 aliphatic rings. The highest BCUT2D eigenvalue weighted by Crippen LogP contribution is 2.40. The van der Waals surface area contributed by atoms with Crippen LogP contribution in [-0.2, 0) is 16.0 Å². The average Bonchev–Trinajstić information content (AvgIpc) is 3.44. The summed E-state index contributed by atoms with van der Waals surface area (Å²) >= 11 is 0. The number of amides is 1. The number of aromatic amines is 1. The first-order chi connectivity index (χ1) is 17.9. The molecule has 186 valence electrons. The highest BCUT2D eigenvalue weighted by atomic mass is 16.3. The van der Waals surface area contributed by atoms with Crippen molar-refractivity contribution >= 4 is 34.1 Å². The molecule has 1 amide bonds. The molecular weight excluding hydrogens is 472 g/mol. The number of nitrogens with zero attached hydrogens (tertiary/aromatic N) is 1. The largest absolute Gasteiger partial charge is 0.508 e. The highest BCUT2D eigenvalue weighted by molar-refractivity contribution is 6.46. The Kier molecular flexibility index (Phi) is 6.33. The number of benzene rings is 3. The Morgan fingerprint density at radius 3 is 2.43 bits per heavy atom. The van der Waals surface area contributed by atoms with Crippen LogP contribution in [0.3, 0.4) is 0 Å². The third kappa shape index (κ3) is 4.39. The zero-order valence-corrected chi connectivity index (χ0v) is 19.7. The topological polar surface area (TPSA) is 131 Å². The molecule has 2 heterocycles. The Balaban J connectivity index is 1.57. The lowest BCUT2D eigenvalue weighted by molar-refractivity contribution is -0.139. The number of para-hydroxylation sites is 1. The zero-order valence-electron chi connectivity index (χ0n) is 19.7. The number of carbonyl (C=O) groups excluding carboxylic acids is 3. The second-order valence-electron chi connectivity index (χ2n) is 8.86. The van der Waals surface area contributed by atoms with Crippen molar-refractivity contribution in [2.24, 2.45) is 0 Å². The van der Waals surface area contributed by atoms with Gasteiger partial charge in [-0.2, -0.15) is 0 Å². The molecule has 8 nitrogen and oxygen atoms in total. The highest BCUT2D eigenvalue weighted by Gasteiger charge is 2.46. The molecule has 0 saturated carbocycles. The van der Waals surface area contributed by atoms with Gasteiger partial charge in [-0.1, -0.05) is 54.6 Å². The predicted molar refractivity (Wildman–Crippen MR) is 137 cm³/mol. The Morgan fingerprint density at radius 2 is 1.70 bits per heavy atom. The van der Waals surface area contributed by atoms with Crippen molar-refractivity contribution in [1.82, 2.24) is 9.88 Å². The third-order valence-corrected chi connectivity index (χ3v) is 6.65. The minimum absolute atomic E-state index is 0.0963. The van der Waals surface area contributed by atoms with E-state index in [4.69, 9.17) is 5.11 Å². The van der Waals surface area contributed by atoms with E-state index >= 15 is 0 Å². The number of aromatic nitrogens is 1. The van der Waals surface area contributed by atoms with Gasteiger partial charge in [-0.3, -0.25) is 14.4 Å². The number of hydrogen-bond acceptors (Lipinski definition) is 6. The van der Waals surface area contributed by atoms with Crippen LogP contribution in [0.5, 0.6) is 5.75 Å². The van der Waals surface area contributed by atoms with Gasteiger partial charge in [0, 0.05) is 34.8 Å². The Bertz CT molecular complexity index is 1550. The van der Waals surface area contributed by atoms with Crippen molar-refractivity contribution in [2.45, 2.75) is 12.5 Å². The molecule has 4 aromatic rings. The molecule has 8 heteroatoms. The summed E-state index contributed by atoms with van der Waals surface area (Å²) in [5.74, 6) is -2.53. The second-order valence-corrected chi connectivity index (χ2v) is 8.86. The van der Waals surface area contributed by atoms with Crippen molar-refractivity contribution in [3.05, 3.63) is 107 Å². The number of nitrogens with one attached hydrogen (secondary N) is 1. The van der Waals surface area contributed by atoms with Crippen molar-refractivity contribution < 1.29 is 29.7 Å². The summed E-state index contributed by atoms with van der Waals surface area (Å²) < 4.78 is 0. The summed E-state index contributed by atoms with van der Waals surface area (Å²) in [6.07, 6.45) is 2.33. The molecule has 0 spiro atoms. The van der Waals surface area contributed by atoms with Crippen molar-refractivity contribution in [3.63, 3.8) is 0 Å². The molecule has 1 saturated heterocycles. The number of rotatable bonds is 7. The summed E-state index contributed by atoms with van der Waals surface area (Å²) in [5.41, 5.74) is 2.85. The number of phenolic OH excluding ortho intramolecular Hbond substituents is 1. The van der Waals surface area contributed by atoms with E-state index < -0.39 is 35.9 Å². The molecule has 1 fully saturated rings. The van der Waals surface area contributed by atoms with Crippen LogP contribution in [0.4, 0.5) is 0 Å². The van der Waals surface area contributed by atoms with Crippen LogP contribution < -0.4 is 0 Å². The fraction of sp³-hybridized carbons (Fsp3) is 0.138. The second kappa shape index (κ2) is 9.75. The molecule has 3 aromatic carbocycles. The Labute approximate surface area is 212 Å². The maximum absolute atomic E-state index is 13.2. The van der Waals surface area contributed by atoms with Gasteiger partial charge in [-0.05, 0) is 35.7 Å². The molecule has 1 unspecified atom stereocenters. The molecule has 1 aromatic heterocycles. The van der Waals surface area contributed by atoms with E-state index in [-0.39, 0.29) is 29.0 Å². The molecule has 5 rings (SSSR count). The predicted octanol–water partition coefficient (Wildman–Crippen LogP) is 3.71. The van der Waals surface area contributed by atoms with Gasteiger partial charge in [0.05, 0.1) is 11.6 Å². The van der Waals surface area contributed by atoms with Crippen LogP contribution in [0.1, 0.15) is 33.1 Å². The number of hydrogen-bond donors (Lipinski definition) is 4. The van der Waals surface area contributed by atoms with Crippen LogP contribution in [0.25, 0.3) is 16.7 Å². The number of Topliss-reactive ketones (excluding diaryl/α,β-unsaturated/α-hetero) is 2. The third-order valence-electron chi connectivity index (χ3n) is 6.65. The number of H-pyrrole nitrogens is 1. The minimum atomic E-state index is -0.911. The first-order valence-electron chi connectivity index (χ1n) is 11.8. The molecular formula is C29H24N2O6. The van der Waals surface area contributed by atoms with E-state index in [9.17, 15) is 24.6 Å². The van der Waals surface area contributed by atoms with Gasteiger partial charge in [-0.25, -0.2) is 0 Å². The smallest absolute Gasteiger partial charge is 0.295 e. The van der Waals surface area contributed by atoms with E-state index in [1.54, 1.807) is 12.1 Å². The number of ketones is 2. The Hall–Kier alpha value is -4.69. The lowest BCUT2D eigenvalue weighted by atomic mass is 9.94. The normalized spacial score (nSPS) is 17.0. The van der Waals surface area contributed by atoms with Crippen molar-refractivity contribution in [1.29, 1.82) is 0 Å². The van der Waals surface area contributed by atoms with Crippen LogP contribution >= 0.6 is 0 Å². The molecule has 37 heavy (non-hydrogen) atoms. The summed E-state index contributed by atoms with van der Waals surface area (Å²) in [6.45, 7) is -0.439. The fourth-order valence-electron chi connectivity index (χ4n) is 4.79. The van der Waals surface area contributed by atoms with Crippen LogP contribution in [0, 0.1) is 0 Å². The van der Waals surface area contributed by atoms with E-state index in [2.05, 4.69) is 4.98 Å². The van der Waals surface area contributed by atoms with E-state index in [0.29, 0.717) is 12.0 Å².